The fourth-order valence-electron chi connectivity index (χ4n) is 2.74. The molecule has 1 aromatic heterocycles. The third kappa shape index (κ3) is 4.81. The summed E-state index contributed by atoms with van der Waals surface area (Å²) in [5.74, 6) is 1.07. The predicted octanol–water partition coefficient (Wildman–Crippen LogP) is 4.22. The van der Waals surface area contributed by atoms with Crippen LogP contribution in [0.2, 0.25) is 10.0 Å². The molecule has 1 aromatic carbocycles. The number of pyridine rings is 1. The molecule has 2 heterocycles. The van der Waals surface area contributed by atoms with Crippen LogP contribution in [0, 0.1) is 0 Å². The van der Waals surface area contributed by atoms with E-state index in [1.165, 1.54) is 0 Å². The van der Waals surface area contributed by atoms with Gasteiger partial charge in [0.1, 0.15) is 5.82 Å². The molecule has 0 saturated carbocycles. The van der Waals surface area contributed by atoms with Crippen LogP contribution < -0.4 is 4.90 Å². The van der Waals surface area contributed by atoms with E-state index in [2.05, 4.69) is 9.88 Å². The van der Waals surface area contributed by atoms with E-state index in [0.717, 1.165) is 23.8 Å². The Bertz CT molecular complexity index is 716. The lowest BCUT2D eigenvalue weighted by Crippen LogP contribution is -2.50. The Morgan fingerprint density at radius 1 is 1.04 bits per heavy atom. The number of nitrogens with zero attached hydrogens (tertiary/aromatic N) is 3. The number of thioether (sulfide) groups is 1. The summed E-state index contributed by atoms with van der Waals surface area (Å²) in [6.45, 7) is 4.91. The number of anilines is 1. The van der Waals surface area contributed by atoms with Gasteiger partial charge in [-0.1, -0.05) is 23.2 Å². The van der Waals surface area contributed by atoms with E-state index >= 15 is 0 Å². The first-order valence-corrected chi connectivity index (χ1v) is 9.74. The molecular weight excluding hydrogens is 377 g/mol. The minimum atomic E-state index is -0.124. The lowest BCUT2D eigenvalue weighted by molar-refractivity contribution is -0.130. The number of piperazine rings is 1. The molecule has 1 aliphatic heterocycles. The van der Waals surface area contributed by atoms with Crippen LogP contribution in [0.1, 0.15) is 6.92 Å². The van der Waals surface area contributed by atoms with Gasteiger partial charge in [-0.2, -0.15) is 0 Å². The molecule has 1 unspecified atom stereocenters. The van der Waals surface area contributed by atoms with Gasteiger partial charge in [0.25, 0.3) is 0 Å². The Balaban J connectivity index is 1.53. The molecule has 0 aliphatic carbocycles. The fraction of sp³-hybridized carbons (Fsp3) is 0.333. The van der Waals surface area contributed by atoms with E-state index < -0.39 is 0 Å². The Hall–Kier alpha value is -1.43. The van der Waals surface area contributed by atoms with Gasteiger partial charge in [0.05, 0.1) is 10.3 Å². The number of amides is 1. The van der Waals surface area contributed by atoms with Crippen molar-refractivity contribution in [3.8, 4) is 0 Å². The van der Waals surface area contributed by atoms with Gasteiger partial charge in [-0.15, -0.1) is 11.8 Å². The Morgan fingerprint density at radius 2 is 1.68 bits per heavy atom. The van der Waals surface area contributed by atoms with Crippen molar-refractivity contribution in [1.82, 2.24) is 9.88 Å². The van der Waals surface area contributed by atoms with Crippen molar-refractivity contribution in [3.05, 3.63) is 52.6 Å². The second-order valence-corrected chi connectivity index (χ2v) is 8.15. The maximum atomic E-state index is 12.7. The highest BCUT2D eigenvalue weighted by Crippen LogP contribution is 2.26. The van der Waals surface area contributed by atoms with Gasteiger partial charge in [0.15, 0.2) is 0 Å². The summed E-state index contributed by atoms with van der Waals surface area (Å²) in [6.07, 6.45) is 1.65. The minimum Gasteiger partial charge on any atom is -0.353 e. The molecule has 0 spiro atoms. The maximum Gasteiger partial charge on any atom is 0.235 e. The van der Waals surface area contributed by atoms with Crippen LogP contribution in [0.3, 0.4) is 0 Å². The molecule has 2 aromatic rings. The summed E-state index contributed by atoms with van der Waals surface area (Å²) >= 11 is 13.3. The molecule has 0 N–H and O–H groups in total. The number of hydrogen-bond acceptors (Lipinski definition) is 4. The monoisotopic (exact) mass is 395 g/mol. The van der Waals surface area contributed by atoms with Crippen LogP contribution in [0.15, 0.2) is 47.5 Å². The van der Waals surface area contributed by atoms with Crippen molar-refractivity contribution < 1.29 is 4.79 Å². The summed E-state index contributed by atoms with van der Waals surface area (Å²) in [6, 6.07) is 11.3. The molecule has 1 fully saturated rings. The van der Waals surface area contributed by atoms with Crippen LogP contribution >= 0.6 is 35.0 Å². The van der Waals surface area contributed by atoms with Crippen molar-refractivity contribution in [2.45, 2.75) is 17.1 Å². The Morgan fingerprint density at radius 3 is 2.28 bits per heavy atom. The average Bonchev–Trinajstić information content (AvgIpc) is 2.64. The number of benzene rings is 1. The van der Waals surface area contributed by atoms with Gasteiger partial charge < -0.3 is 9.80 Å². The molecule has 1 aliphatic rings. The van der Waals surface area contributed by atoms with Crippen molar-refractivity contribution in [2.24, 2.45) is 0 Å². The predicted molar refractivity (Wildman–Crippen MR) is 105 cm³/mol. The van der Waals surface area contributed by atoms with Crippen LogP contribution in [-0.2, 0) is 4.79 Å². The zero-order valence-corrected chi connectivity index (χ0v) is 16.2. The summed E-state index contributed by atoms with van der Waals surface area (Å²) in [5.41, 5.74) is 0. The maximum absolute atomic E-state index is 12.7. The molecular formula is C18H19Cl2N3OS. The van der Waals surface area contributed by atoms with Gasteiger partial charge in [-0.05, 0) is 43.3 Å². The molecule has 25 heavy (non-hydrogen) atoms. The number of aromatic nitrogens is 1. The summed E-state index contributed by atoms with van der Waals surface area (Å²) in [7, 11) is 0. The largest absolute Gasteiger partial charge is 0.353 e. The lowest BCUT2D eigenvalue weighted by Gasteiger charge is -2.36. The molecule has 4 nitrogen and oxygen atoms in total. The Kier molecular flexibility index (Phi) is 6.10. The van der Waals surface area contributed by atoms with Crippen LogP contribution in [0.4, 0.5) is 5.82 Å². The zero-order valence-electron chi connectivity index (χ0n) is 13.9. The van der Waals surface area contributed by atoms with Gasteiger partial charge in [0, 0.05) is 42.3 Å². The second kappa shape index (κ2) is 8.30. The summed E-state index contributed by atoms with van der Waals surface area (Å²) < 4.78 is 0. The highest BCUT2D eigenvalue weighted by Gasteiger charge is 2.26. The van der Waals surface area contributed by atoms with Crippen molar-refractivity contribution >= 4 is 46.7 Å². The third-order valence-corrected chi connectivity index (χ3v) is 5.68. The molecule has 1 saturated heterocycles. The molecule has 132 valence electrons. The van der Waals surface area contributed by atoms with E-state index in [1.807, 2.05) is 48.2 Å². The zero-order chi connectivity index (χ0) is 17.8. The molecule has 3 rings (SSSR count). The van der Waals surface area contributed by atoms with E-state index in [4.69, 9.17) is 23.2 Å². The van der Waals surface area contributed by atoms with Gasteiger partial charge in [-0.25, -0.2) is 4.98 Å². The lowest BCUT2D eigenvalue weighted by atomic mass is 10.2. The van der Waals surface area contributed by atoms with E-state index in [1.54, 1.807) is 18.0 Å². The van der Waals surface area contributed by atoms with Gasteiger partial charge >= 0.3 is 0 Å². The summed E-state index contributed by atoms with van der Waals surface area (Å²) in [4.78, 5) is 22.2. The van der Waals surface area contributed by atoms with Crippen molar-refractivity contribution in [2.75, 3.05) is 31.1 Å². The van der Waals surface area contributed by atoms with Crippen LogP contribution in [0.5, 0.6) is 0 Å². The highest BCUT2D eigenvalue weighted by molar-refractivity contribution is 8.00. The standard InChI is InChI=1S/C18H19Cl2N3OS/c1-13(25-16-5-2-14(19)3-6-16)18(24)23-10-8-22(9-11-23)17-7-4-15(20)12-21-17/h2-7,12-13H,8-11H2,1H3. The minimum absolute atomic E-state index is 0.124. The quantitative estimate of drug-likeness (QED) is 0.726. The van der Waals surface area contributed by atoms with E-state index in [-0.39, 0.29) is 11.2 Å². The Labute approximate surface area is 162 Å². The number of rotatable bonds is 4. The normalized spacial score (nSPS) is 16.0. The van der Waals surface area contributed by atoms with Crippen molar-refractivity contribution in [3.63, 3.8) is 0 Å². The number of carbonyl (C=O) groups excluding carboxylic acids is 1. The second-order valence-electron chi connectivity index (χ2n) is 5.86. The first-order chi connectivity index (χ1) is 12.0. The summed E-state index contributed by atoms with van der Waals surface area (Å²) in [5, 5.41) is 1.21. The molecule has 0 bridgehead atoms. The van der Waals surface area contributed by atoms with Crippen LogP contribution in [-0.4, -0.2) is 47.2 Å². The topological polar surface area (TPSA) is 36.4 Å². The molecule has 0 radical (unpaired) electrons. The number of halogens is 2. The highest BCUT2D eigenvalue weighted by atomic mass is 35.5. The molecule has 1 atom stereocenters. The number of hydrogen-bond donors (Lipinski definition) is 0. The van der Waals surface area contributed by atoms with Crippen LogP contribution in [0.25, 0.3) is 0 Å². The first kappa shape index (κ1) is 18.4. The third-order valence-electron chi connectivity index (χ3n) is 4.10. The van der Waals surface area contributed by atoms with Gasteiger partial charge in [-0.3, -0.25) is 4.79 Å². The average molecular weight is 396 g/mol. The van der Waals surface area contributed by atoms with E-state index in [0.29, 0.717) is 23.1 Å². The molecule has 1 amide bonds. The first-order valence-electron chi connectivity index (χ1n) is 8.10. The van der Waals surface area contributed by atoms with Gasteiger partial charge in [0.2, 0.25) is 5.91 Å². The fourth-order valence-corrected chi connectivity index (χ4v) is 3.92. The van der Waals surface area contributed by atoms with Crippen molar-refractivity contribution in [1.29, 1.82) is 0 Å². The molecule has 7 heteroatoms. The SMILES string of the molecule is CC(Sc1ccc(Cl)cc1)C(=O)N1CCN(c2ccc(Cl)cn2)CC1. The van der Waals surface area contributed by atoms with E-state index in [9.17, 15) is 4.79 Å². The number of carbonyl (C=O) groups is 1. The smallest absolute Gasteiger partial charge is 0.235 e.